The highest BCUT2D eigenvalue weighted by Gasteiger charge is 2.15. The molecule has 0 bridgehead atoms. The van der Waals surface area contributed by atoms with Gasteiger partial charge in [-0.25, -0.2) is 0 Å². The third-order valence-electron chi connectivity index (χ3n) is 2.93. The largest absolute Gasteiger partial charge is 0.388 e. The smallest absolute Gasteiger partial charge is 0.273 e. The molecule has 0 spiro atoms. The van der Waals surface area contributed by atoms with Crippen molar-refractivity contribution in [1.29, 1.82) is 0 Å². The summed E-state index contributed by atoms with van der Waals surface area (Å²) in [4.78, 5) is 24.2. The normalized spacial score (nSPS) is 10.3. The number of carbonyl (C=O) groups is 1. The van der Waals surface area contributed by atoms with Crippen molar-refractivity contribution in [1.82, 2.24) is 5.32 Å². The summed E-state index contributed by atoms with van der Waals surface area (Å²) in [6.45, 7) is 6.43. The summed E-state index contributed by atoms with van der Waals surface area (Å²) in [5, 5.41) is 16.7. The SMILES string of the molecule is CCN(CC(=O)NC(C)C)c1cc(NC)cc([N+](=O)[O-])c1. The molecule has 1 amide bonds. The first-order valence-corrected chi connectivity index (χ1v) is 6.89. The summed E-state index contributed by atoms with van der Waals surface area (Å²) in [6, 6.07) is 4.80. The average Bonchev–Trinajstić information content (AvgIpc) is 2.43. The van der Waals surface area contributed by atoms with Crippen LogP contribution in [-0.4, -0.2) is 37.0 Å². The molecule has 1 rings (SSSR count). The zero-order chi connectivity index (χ0) is 16.0. The van der Waals surface area contributed by atoms with Gasteiger partial charge in [-0.2, -0.15) is 0 Å². The number of amides is 1. The van der Waals surface area contributed by atoms with Gasteiger partial charge < -0.3 is 15.5 Å². The van der Waals surface area contributed by atoms with Crippen LogP contribution < -0.4 is 15.5 Å². The molecule has 0 atom stereocenters. The van der Waals surface area contributed by atoms with Crippen molar-refractivity contribution in [2.24, 2.45) is 0 Å². The average molecular weight is 294 g/mol. The van der Waals surface area contributed by atoms with E-state index in [2.05, 4.69) is 10.6 Å². The van der Waals surface area contributed by atoms with Gasteiger partial charge in [0.25, 0.3) is 5.69 Å². The number of nitro groups is 1. The molecule has 0 aliphatic carbocycles. The van der Waals surface area contributed by atoms with E-state index in [0.717, 1.165) is 0 Å². The van der Waals surface area contributed by atoms with Gasteiger partial charge in [-0.05, 0) is 26.8 Å². The van der Waals surface area contributed by atoms with Crippen molar-refractivity contribution in [2.45, 2.75) is 26.8 Å². The Bertz CT molecular complexity index is 517. The van der Waals surface area contributed by atoms with Crippen LogP contribution in [0.1, 0.15) is 20.8 Å². The fourth-order valence-electron chi connectivity index (χ4n) is 1.95. The first-order chi connectivity index (χ1) is 9.87. The third kappa shape index (κ3) is 4.94. The number of nitrogens with zero attached hydrogens (tertiary/aromatic N) is 2. The molecule has 0 aliphatic rings. The van der Waals surface area contributed by atoms with Crippen LogP contribution in [-0.2, 0) is 4.79 Å². The molecule has 21 heavy (non-hydrogen) atoms. The second kappa shape index (κ2) is 7.47. The molecule has 0 heterocycles. The van der Waals surface area contributed by atoms with Crippen LogP contribution in [0.2, 0.25) is 0 Å². The molecule has 116 valence electrons. The number of carbonyl (C=O) groups excluding carboxylic acids is 1. The highest BCUT2D eigenvalue weighted by atomic mass is 16.6. The van der Waals surface area contributed by atoms with Gasteiger partial charge in [0, 0.05) is 43.1 Å². The standard InChI is InChI=1S/C14H22N4O3/c1-5-17(9-14(19)16-10(2)3)12-6-11(15-4)7-13(8-12)18(20)21/h6-8,10,15H,5,9H2,1-4H3,(H,16,19). The van der Waals surface area contributed by atoms with Crippen molar-refractivity contribution < 1.29 is 9.72 Å². The molecule has 0 unspecified atom stereocenters. The molecule has 1 aromatic carbocycles. The van der Waals surface area contributed by atoms with Gasteiger partial charge in [-0.3, -0.25) is 14.9 Å². The van der Waals surface area contributed by atoms with E-state index in [1.165, 1.54) is 12.1 Å². The maximum absolute atomic E-state index is 11.9. The van der Waals surface area contributed by atoms with Crippen LogP contribution in [0.15, 0.2) is 18.2 Å². The summed E-state index contributed by atoms with van der Waals surface area (Å²) < 4.78 is 0. The Morgan fingerprint density at radius 1 is 1.38 bits per heavy atom. The monoisotopic (exact) mass is 294 g/mol. The molecule has 7 nitrogen and oxygen atoms in total. The Balaban J connectivity index is 3.01. The number of likely N-dealkylation sites (N-methyl/N-ethyl adjacent to an activating group) is 1. The predicted molar refractivity (Wildman–Crippen MR) is 83.8 cm³/mol. The van der Waals surface area contributed by atoms with Crippen molar-refractivity contribution in [2.75, 3.05) is 30.4 Å². The highest BCUT2D eigenvalue weighted by Crippen LogP contribution is 2.26. The minimum Gasteiger partial charge on any atom is -0.388 e. The highest BCUT2D eigenvalue weighted by molar-refractivity contribution is 5.82. The van der Waals surface area contributed by atoms with Gasteiger partial charge in [-0.1, -0.05) is 0 Å². The van der Waals surface area contributed by atoms with Crippen LogP contribution in [0.25, 0.3) is 0 Å². The fraction of sp³-hybridized carbons (Fsp3) is 0.500. The van der Waals surface area contributed by atoms with Gasteiger partial charge in [0.05, 0.1) is 11.5 Å². The van der Waals surface area contributed by atoms with E-state index in [-0.39, 0.29) is 24.2 Å². The summed E-state index contributed by atoms with van der Waals surface area (Å²) in [7, 11) is 1.70. The molecule has 1 aromatic rings. The molecular weight excluding hydrogens is 272 g/mol. The van der Waals surface area contributed by atoms with Crippen molar-refractivity contribution in [3.05, 3.63) is 28.3 Å². The van der Waals surface area contributed by atoms with Gasteiger partial charge in [-0.15, -0.1) is 0 Å². The van der Waals surface area contributed by atoms with Crippen LogP contribution >= 0.6 is 0 Å². The molecule has 0 fully saturated rings. The maximum atomic E-state index is 11.9. The fourth-order valence-corrected chi connectivity index (χ4v) is 1.95. The van der Waals surface area contributed by atoms with Crippen LogP contribution in [0.4, 0.5) is 17.1 Å². The number of rotatable bonds is 7. The lowest BCUT2D eigenvalue weighted by atomic mass is 10.2. The second-order valence-corrected chi connectivity index (χ2v) is 4.98. The van der Waals surface area contributed by atoms with E-state index < -0.39 is 4.92 Å². The van der Waals surface area contributed by atoms with E-state index in [1.807, 2.05) is 20.8 Å². The number of nitro benzene ring substituents is 1. The van der Waals surface area contributed by atoms with E-state index in [9.17, 15) is 14.9 Å². The van der Waals surface area contributed by atoms with Gasteiger partial charge in [0.2, 0.25) is 5.91 Å². The van der Waals surface area contributed by atoms with Crippen molar-refractivity contribution in [3.8, 4) is 0 Å². The lowest BCUT2D eigenvalue weighted by Crippen LogP contribution is -2.40. The zero-order valence-corrected chi connectivity index (χ0v) is 12.8. The van der Waals surface area contributed by atoms with Crippen molar-refractivity contribution >= 4 is 23.0 Å². The topological polar surface area (TPSA) is 87.5 Å². The minimum atomic E-state index is -0.438. The second-order valence-electron chi connectivity index (χ2n) is 4.98. The van der Waals surface area contributed by atoms with Crippen LogP contribution in [0.5, 0.6) is 0 Å². The minimum absolute atomic E-state index is 0.000400. The van der Waals surface area contributed by atoms with Crippen LogP contribution in [0, 0.1) is 10.1 Å². The summed E-state index contributed by atoms with van der Waals surface area (Å²) in [6.07, 6.45) is 0. The van der Waals surface area contributed by atoms with E-state index in [0.29, 0.717) is 17.9 Å². The summed E-state index contributed by atoms with van der Waals surface area (Å²) >= 11 is 0. The Morgan fingerprint density at radius 2 is 2.05 bits per heavy atom. The first kappa shape index (κ1) is 16.7. The molecule has 7 heteroatoms. The number of hydrogen-bond acceptors (Lipinski definition) is 5. The number of hydrogen-bond donors (Lipinski definition) is 2. The molecule has 0 aromatic heterocycles. The number of benzene rings is 1. The Hall–Kier alpha value is -2.31. The van der Waals surface area contributed by atoms with Crippen LogP contribution in [0.3, 0.4) is 0 Å². The van der Waals surface area contributed by atoms with Gasteiger partial charge >= 0.3 is 0 Å². The Kier molecular flexibility index (Phi) is 5.95. The number of nitrogens with one attached hydrogen (secondary N) is 2. The maximum Gasteiger partial charge on any atom is 0.273 e. The van der Waals surface area contributed by atoms with Crippen molar-refractivity contribution in [3.63, 3.8) is 0 Å². The molecular formula is C14H22N4O3. The predicted octanol–water partition coefficient (Wildman–Crippen LogP) is 1.99. The molecule has 0 saturated carbocycles. The Labute approximate surface area is 124 Å². The summed E-state index contributed by atoms with van der Waals surface area (Å²) in [5.41, 5.74) is 1.29. The van der Waals surface area contributed by atoms with E-state index >= 15 is 0 Å². The molecule has 0 aliphatic heterocycles. The van der Waals surface area contributed by atoms with E-state index in [4.69, 9.17) is 0 Å². The molecule has 2 N–H and O–H groups in total. The number of non-ortho nitro benzene ring substituents is 1. The molecule has 0 saturated heterocycles. The van der Waals surface area contributed by atoms with Gasteiger partial charge in [0.1, 0.15) is 0 Å². The first-order valence-electron chi connectivity index (χ1n) is 6.89. The summed E-state index contributed by atoms with van der Waals surface area (Å²) in [5.74, 6) is -0.107. The molecule has 0 radical (unpaired) electrons. The lowest BCUT2D eigenvalue weighted by Gasteiger charge is -2.23. The number of anilines is 2. The zero-order valence-electron chi connectivity index (χ0n) is 12.8. The van der Waals surface area contributed by atoms with Gasteiger partial charge in [0.15, 0.2) is 0 Å². The quantitative estimate of drug-likeness (QED) is 0.593. The third-order valence-corrected chi connectivity index (χ3v) is 2.93. The lowest BCUT2D eigenvalue weighted by molar-refractivity contribution is -0.384. The van der Waals surface area contributed by atoms with E-state index in [1.54, 1.807) is 18.0 Å². The Morgan fingerprint density at radius 3 is 2.52 bits per heavy atom.